The van der Waals surface area contributed by atoms with E-state index in [4.69, 9.17) is 0 Å². The summed E-state index contributed by atoms with van der Waals surface area (Å²) in [5.74, 6) is -4.13. The predicted molar refractivity (Wildman–Crippen MR) is 63.5 cm³/mol. The molecule has 0 heterocycles. The van der Waals surface area contributed by atoms with Gasteiger partial charge in [-0.3, -0.25) is 10.1 Å². The minimum absolute atomic E-state index is 0.178. The molecule has 1 N–H and O–H groups in total. The number of alkyl halides is 4. The summed E-state index contributed by atoms with van der Waals surface area (Å²) in [5.41, 5.74) is 0.123. The van der Waals surface area contributed by atoms with Crippen molar-refractivity contribution in [1.82, 2.24) is 5.32 Å². The highest BCUT2D eigenvalue weighted by Crippen LogP contribution is 2.23. The molecule has 0 saturated heterocycles. The molecule has 4 nitrogen and oxygen atoms in total. The third-order valence-electron chi connectivity index (χ3n) is 2.16. The zero-order valence-electron chi connectivity index (χ0n) is 9.38. The van der Waals surface area contributed by atoms with Crippen LogP contribution in [0.25, 0.3) is 0 Å². The third-order valence-corrected chi connectivity index (χ3v) is 2.62. The summed E-state index contributed by atoms with van der Waals surface area (Å²) >= 11 is 3.04. The molecule has 0 saturated carbocycles. The molecule has 1 rings (SSSR count). The van der Waals surface area contributed by atoms with Crippen LogP contribution in [0.3, 0.4) is 0 Å². The Morgan fingerprint density at radius 1 is 1.37 bits per heavy atom. The number of benzene rings is 1. The SMILES string of the molecule is O=[N+]([O-])c1cc(Br)cc(CNCC(F)(F)C(F)F)c1. The van der Waals surface area contributed by atoms with E-state index in [1.807, 2.05) is 0 Å². The van der Waals surface area contributed by atoms with Crippen LogP contribution in [0, 0.1) is 10.1 Å². The van der Waals surface area contributed by atoms with Crippen molar-refractivity contribution in [2.24, 2.45) is 0 Å². The summed E-state index contributed by atoms with van der Waals surface area (Å²) in [6.45, 7) is -1.38. The van der Waals surface area contributed by atoms with Gasteiger partial charge in [0.15, 0.2) is 0 Å². The van der Waals surface area contributed by atoms with Gasteiger partial charge in [-0.2, -0.15) is 8.78 Å². The lowest BCUT2D eigenvalue weighted by atomic mass is 10.2. The van der Waals surface area contributed by atoms with E-state index in [1.165, 1.54) is 18.2 Å². The number of nitro groups is 1. The molecule has 1 aromatic carbocycles. The van der Waals surface area contributed by atoms with Crippen molar-refractivity contribution < 1.29 is 22.5 Å². The Labute approximate surface area is 114 Å². The van der Waals surface area contributed by atoms with Crippen LogP contribution in [0.5, 0.6) is 0 Å². The first-order chi connectivity index (χ1) is 8.72. The Morgan fingerprint density at radius 3 is 2.53 bits per heavy atom. The lowest BCUT2D eigenvalue weighted by molar-refractivity contribution is -0.385. The van der Waals surface area contributed by atoms with Gasteiger partial charge < -0.3 is 5.32 Å². The second-order valence-electron chi connectivity index (χ2n) is 3.74. The molecule has 19 heavy (non-hydrogen) atoms. The van der Waals surface area contributed by atoms with Gasteiger partial charge in [0.05, 0.1) is 11.5 Å². The molecule has 0 aromatic heterocycles. The highest BCUT2D eigenvalue weighted by Gasteiger charge is 2.39. The monoisotopic (exact) mass is 344 g/mol. The maximum absolute atomic E-state index is 12.6. The Bertz CT molecular complexity index is 471. The van der Waals surface area contributed by atoms with Crippen molar-refractivity contribution in [3.05, 3.63) is 38.3 Å². The standard InChI is InChI=1S/C10H9BrF4N2O2/c11-7-1-6(2-8(3-7)17(18)19)4-16-5-10(14,15)9(12)13/h1-3,9,16H,4-5H2. The normalized spacial score (nSPS) is 11.9. The fourth-order valence-electron chi connectivity index (χ4n) is 1.29. The molecular formula is C10H9BrF4N2O2. The topological polar surface area (TPSA) is 55.2 Å². The Kier molecular flexibility index (Phi) is 5.24. The smallest absolute Gasteiger partial charge is 0.307 e. The van der Waals surface area contributed by atoms with E-state index in [0.717, 1.165) is 0 Å². The number of non-ortho nitro benzene ring substituents is 1. The lowest BCUT2D eigenvalue weighted by Gasteiger charge is -2.15. The van der Waals surface area contributed by atoms with Crippen molar-refractivity contribution in [1.29, 1.82) is 0 Å². The first-order valence-corrected chi connectivity index (χ1v) is 5.82. The van der Waals surface area contributed by atoms with Gasteiger partial charge in [0.2, 0.25) is 0 Å². The second kappa shape index (κ2) is 6.29. The summed E-state index contributed by atoms with van der Waals surface area (Å²) in [7, 11) is 0. The molecular weight excluding hydrogens is 336 g/mol. The highest BCUT2D eigenvalue weighted by atomic mass is 79.9. The van der Waals surface area contributed by atoms with Crippen LogP contribution in [0.4, 0.5) is 23.2 Å². The van der Waals surface area contributed by atoms with Gasteiger partial charge >= 0.3 is 12.3 Å². The largest absolute Gasteiger partial charge is 0.319 e. The second-order valence-corrected chi connectivity index (χ2v) is 4.66. The Balaban J connectivity index is 2.66. The van der Waals surface area contributed by atoms with E-state index in [2.05, 4.69) is 21.2 Å². The van der Waals surface area contributed by atoms with Gasteiger partial charge in [-0.05, 0) is 11.6 Å². The molecule has 0 aliphatic heterocycles. The predicted octanol–water partition coefficient (Wildman–Crippen LogP) is 3.35. The van der Waals surface area contributed by atoms with Crippen LogP contribution in [0.15, 0.2) is 22.7 Å². The zero-order valence-corrected chi connectivity index (χ0v) is 11.0. The van der Waals surface area contributed by atoms with Crippen molar-refractivity contribution >= 4 is 21.6 Å². The lowest BCUT2D eigenvalue weighted by Crippen LogP contribution is -2.38. The number of nitrogens with zero attached hydrogens (tertiary/aromatic N) is 1. The quantitative estimate of drug-likeness (QED) is 0.489. The fraction of sp³-hybridized carbons (Fsp3) is 0.400. The minimum atomic E-state index is -4.13. The van der Waals surface area contributed by atoms with E-state index in [1.54, 1.807) is 0 Å². The Morgan fingerprint density at radius 2 is 2.00 bits per heavy atom. The van der Waals surface area contributed by atoms with Crippen molar-refractivity contribution in [2.45, 2.75) is 18.9 Å². The van der Waals surface area contributed by atoms with E-state index in [9.17, 15) is 27.7 Å². The van der Waals surface area contributed by atoms with Gasteiger partial charge in [0.1, 0.15) is 0 Å². The molecule has 0 atom stereocenters. The van der Waals surface area contributed by atoms with Gasteiger partial charge in [-0.25, -0.2) is 8.78 Å². The summed E-state index contributed by atoms with van der Waals surface area (Å²) in [4.78, 5) is 9.94. The molecule has 1 aromatic rings. The molecule has 0 aliphatic rings. The van der Waals surface area contributed by atoms with Crippen LogP contribution < -0.4 is 5.32 Å². The summed E-state index contributed by atoms with van der Waals surface area (Å²) in [5, 5.41) is 12.7. The molecule has 0 fully saturated rings. The van der Waals surface area contributed by atoms with Crippen LogP contribution in [-0.4, -0.2) is 23.8 Å². The molecule has 0 amide bonds. The summed E-state index contributed by atoms with van der Waals surface area (Å²) < 4.78 is 49.4. The van der Waals surface area contributed by atoms with Gasteiger partial charge in [0, 0.05) is 23.2 Å². The van der Waals surface area contributed by atoms with Gasteiger partial charge in [-0.15, -0.1) is 0 Å². The first kappa shape index (κ1) is 15.8. The first-order valence-electron chi connectivity index (χ1n) is 5.03. The van der Waals surface area contributed by atoms with Crippen LogP contribution in [0.1, 0.15) is 5.56 Å². The number of hydrogen-bond acceptors (Lipinski definition) is 3. The van der Waals surface area contributed by atoms with E-state index in [-0.39, 0.29) is 12.2 Å². The Hall–Kier alpha value is -1.22. The summed E-state index contributed by atoms with van der Waals surface area (Å²) in [6, 6.07) is 3.90. The number of nitrogens with one attached hydrogen (secondary N) is 1. The summed E-state index contributed by atoms with van der Waals surface area (Å²) in [6.07, 6.45) is -3.75. The maximum Gasteiger partial charge on any atom is 0.319 e. The van der Waals surface area contributed by atoms with E-state index < -0.39 is 23.8 Å². The molecule has 106 valence electrons. The fourth-order valence-corrected chi connectivity index (χ4v) is 1.82. The van der Waals surface area contributed by atoms with Gasteiger partial charge in [-0.1, -0.05) is 15.9 Å². The van der Waals surface area contributed by atoms with E-state index in [0.29, 0.717) is 10.0 Å². The highest BCUT2D eigenvalue weighted by molar-refractivity contribution is 9.10. The zero-order chi connectivity index (χ0) is 14.6. The third kappa shape index (κ3) is 4.75. The molecule has 0 aliphatic carbocycles. The van der Waals surface area contributed by atoms with Crippen LogP contribution in [-0.2, 0) is 6.54 Å². The molecule has 0 unspecified atom stereocenters. The molecule has 9 heteroatoms. The number of nitro benzene ring substituents is 1. The maximum atomic E-state index is 12.6. The van der Waals surface area contributed by atoms with E-state index >= 15 is 0 Å². The van der Waals surface area contributed by atoms with Crippen LogP contribution in [0.2, 0.25) is 0 Å². The molecule has 0 spiro atoms. The average molecular weight is 345 g/mol. The number of rotatable bonds is 6. The minimum Gasteiger partial charge on any atom is -0.307 e. The van der Waals surface area contributed by atoms with Crippen molar-refractivity contribution in [3.8, 4) is 0 Å². The average Bonchev–Trinajstić information content (AvgIpc) is 2.27. The number of halogens is 5. The van der Waals surface area contributed by atoms with Crippen molar-refractivity contribution in [3.63, 3.8) is 0 Å². The van der Waals surface area contributed by atoms with Gasteiger partial charge in [0.25, 0.3) is 5.69 Å². The van der Waals surface area contributed by atoms with Crippen LogP contribution >= 0.6 is 15.9 Å². The number of hydrogen-bond donors (Lipinski definition) is 1. The van der Waals surface area contributed by atoms with Crippen molar-refractivity contribution in [2.75, 3.05) is 6.54 Å². The molecule has 0 radical (unpaired) electrons. The molecule has 0 bridgehead atoms.